The minimum atomic E-state index is -3.71. The number of aryl methyl sites for hydroxylation is 1. The van der Waals surface area contributed by atoms with Crippen LogP contribution in [0.2, 0.25) is 5.02 Å². The summed E-state index contributed by atoms with van der Waals surface area (Å²) < 4.78 is 26.4. The van der Waals surface area contributed by atoms with Crippen molar-refractivity contribution in [1.29, 1.82) is 0 Å². The molecular formula is C13H16ClNO4S. The lowest BCUT2D eigenvalue weighted by atomic mass is 9.99. The molecule has 0 aliphatic carbocycles. The third-order valence-corrected chi connectivity index (χ3v) is 5.87. The van der Waals surface area contributed by atoms with Gasteiger partial charge in [-0.15, -0.1) is 0 Å². The predicted molar refractivity (Wildman–Crippen MR) is 75.2 cm³/mol. The molecule has 1 aromatic rings. The molecule has 0 bridgehead atoms. The third-order valence-electron chi connectivity index (χ3n) is 3.66. The van der Waals surface area contributed by atoms with Gasteiger partial charge in [-0.2, -0.15) is 4.31 Å². The summed E-state index contributed by atoms with van der Waals surface area (Å²) in [5, 5.41) is 9.44. The predicted octanol–water partition coefficient (Wildman–Crippen LogP) is 1.99. The average molecular weight is 318 g/mol. The first-order valence-corrected chi connectivity index (χ1v) is 8.04. The molecule has 1 saturated heterocycles. The minimum absolute atomic E-state index is 0.00475. The number of sulfonamides is 1. The summed E-state index contributed by atoms with van der Waals surface area (Å²) >= 11 is 5.86. The van der Waals surface area contributed by atoms with E-state index in [1.165, 1.54) is 10.4 Å². The zero-order valence-electron chi connectivity index (χ0n) is 11.2. The lowest BCUT2D eigenvalue weighted by Gasteiger charge is -2.17. The van der Waals surface area contributed by atoms with E-state index in [0.717, 1.165) is 0 Å². The number of aliphatic carboxylic acids is 1. The molecule has 110 valence electrons. The zero-order chi connectivity index (χ0) is 15.1. The number of rotatable bonds is 3. The zero-order valence-corrected chi connectivity index (χ0v) is 12.8. The highest BCUT2D eigenvalue weighted by Gasteiger charge is 2.41. The first-order valence-electron chi connectivity index (χ1n) is 6.22. The highest BCUT2D eigenvalue weighted by molar-refractivity contribution is 7.89. The molecule has 0 aromatic heterocycles. The number of hydrogen-bond acceptors (Lipinski definition) is 3. The number of hydrogen-bond donors (Lipinski definition) is 1. The lowest BCUT2D eigenvalue weighted by Crippen LogP contribution is -2.30. The van der Waals surface area contributed by atoms with Crippen LogP contribution in [0.1, 0.15) is 12.5 Å². The Balaban J connectivity index is 2.37. The summed E-state index contributed by atoms with van der Waals surface area (Å²) in [6, 6.07) is 4.68. The number of benzene rings is 1. The van der Waals surface area contributed by atoms with E-state index < -0.39 is 21.9 Å². The van der Waals surface area contributed by atoms with E-state index >= 15 is 0 Å². The Bertz CT molecular complexity index is 644. The Labute approximate surface area is 123 Å². The number of halogens is 1. The molecule has 1 heterocycles. The van der Waals surface area contributed by atoms with Crippen molar-refractivity contribution in [2.75, 3.05) is 13.1 Å². The van der Waals surface area contributed by atoms with Crippen LogP contribution in [0.4, 0.5) is 0 Å². The van der Waals surface area contributed by atoms with Crippen LogP contribution in [0.15, 0.2) is 23.1 Å². The Hall–Kier alpha value is -1.11. The van der Waals surface area contributed by atoms with E-state index in [2.05, 4.69) is 0 Å². The monoisotopic (exact) mass is 317 g/mol. The van der Waals surface area contributed by atoms with Gasteiger partial charge in [0.2, 0.25) is 10.0 Å². The maximum Gasteiger partial charge on any atom is 0.308 e. The van der Waals surface area contributed by atoms with Crippen LogP contribution in [0, 0.1) is 18.8 Å². The first-order chi connectivity index (χ1) is 9.23. The molecule has 1 aliphatic rings. The number of carboxylic acids is 1. The summed E-state index contributed by atoms with van der Waals surface area (Å²) in [6.45, 7) is 3.66. The smallest absolute Gasteiger partial charge is 0.308 e. The summed E-state index contributed by atoms with van der Waals surface area (Å²) in [6.07, 6.45) is 0. The van der Waals surface area contributed by atoms with Crippen molar-refractivity contribution >= 4 is 27.6 Å². The molecule has 0 spiro atoms. The van der Waals surface area contributed by atoms with E-state index in [0.29, 0.717) is 10.6 Å². The summed E-state index contributed by atoms with van der Waals surface area (Å²) in [4.78, 5) is 11.2. The van der Waals surface area contributed by atoms with Gasteiger partial charge in [0.1, 0.15) is 0 Å². The number of carboxylic acid groups (broad SMARTS) is 1. The summed E-state index contributed by atoms with van der Waals surface area (Å²) in [5.41, 5.74) is 0.598. The summed E-state index contributed by atoms with van der Waals surface area (Å²) in [7, 11) is -3.71. The molecule has 0 radical (unpaired) electrons. The van der Waals surface area contributed by atoms with Gasteiger partial charge < -0.3 is 5.11 Å². The van der Waals surface area contributed by atoms with Gasteiger partial charge in [-0.1, -0.05) is 24.6 Å². The van der Waals surface area contributed by atoms with Crippen LogP contribution in [0.3, 0.4) is 0 Å². The van der Waals surface area contributed by atoms with Crippen LogP contribution in [0.5, 0.6) is 0 Å². The van der Waals surface area contributed by atoms with Crippen molar-refractivity contribution in [2.45, 2.75) is 18.7 Å². The van der Waals surface area contributed by atoms with Crippen LogP contribution in [-0.2, 0) is 14.8 Å². The highest BCUT2D eigenvalue weighted by atomic mass is 35.5. The standard InChI is InChI=1S/C13H16ClNO4S/c1-8-3-4-10(14)5-12(8)20(18,19)15-6-9(2)11(7-15)13(16)17/h3-5,9,11H,6-7H2,1-2H3,(H,16,17). The second-order valence-electron chi connectivity index (χ2n) is 5.15. The molecule has 1 aliphatic heterocycles. The number of carbonyl (C=O) groups is 1. The van der Waals surface area contributed by atoms with Crippen LogP contribution < -0.4 is 0 Å². The molecule has 5 nitrogen and oxygen atoms in total. The Morgan fingerprint density at radius 2 is 2.05 bits per heavy atom. The largest absolute Gasteiger partial charge is 0.481 e. The molecule has 0 amide bonds. The van der Waals surface area contributed by atoms with Gasteiger partial charge in [-0.05, 0) is 30.5 Å². The second kappa shape index (κ2) is 5.35. The van der Waals surface area contributed by atoms with Crippen molar-refractivity contribution in [2.24, 2.45) is 11.8 Å². The van der Waals surface area contributed by atoms with Crippen molar-refractivity contribution in [3.05, 3.63) is 28.8 Å². The Morgan fingerprint density at radius 3 is 2.60 bits per heavy atom. The topological polar surface area (TPSA) is 74.7 Å². The molecule has 20 heavy (non-hydrogen) atoms. The maximum atomic E-state index is 12.6. The van der Waals surface area contributed by atoms with Crippen LogP contribution in [0.25, 0.3) is 0 Å². The van der Waals surface area contributed by atoms with Gasteiger partial charge in [0.05, 0.1) is 10.8 Å². The highest BCUT2D eigenvalue weighted by Crippen LogP contribution is 2.30. The van der Waals surface area contributed by atoms with Gasteiger partial charge in [-0.25, -0.2) is 8.42 Å². The SMILES string of the molecule is Cc1ccc(Cl)cc1S(=O)(=O)N1CC(C)C(C(=O)O)C1. The first kappa shape index (κ1) is 15.3. The van der Waals surface area contributed by atoms with E-state index in [1.807, 2.05) is 0 Å². The molecule has 7 heteroatoms. The average Bonchev–Trinajstić information content (AvgIpc) is 2.75. The van der Waals surface area contributed by atoms with E-state index in [4.69, 9.17) is 16.7 Å². The number of nitrogens with zero attached hydrogens (tertiary/aromatic N) is 1. The second-order valence-corrected chi connectivity index (χ2v) is 7.50. The quantitative estimate of drug-likeness (QED) is 0.925. The van der Waals surface area contributed by atoms with Crippen molar-refractivity contribution < 1.29 is 18.3 Å². The molecule has 1 N–H and O–H groups in total. The molecule has 2 rings (SSSR count). The molecule has 2 unspecified atom stereocenters. The Morgan fingerprint density at radius 1 is 1.40 bits per heavy atom. The maximum absolute atomic E-state index is 12.6. The van der Waals surface area contributed by atoms with Gasteiger partial charge in [0.15, 0.2) is 0 Å². The normalized spacial score (nSPS) is 23.9. The van der Waals surface area contributed by atoms with Gasteiger partial charge in [0.25, 0.3) is 0 Å². The van der Waals surface area contributed by atoms with E-state index in [1.54, 1.807) is 26.0 Å². The molecule has 1 aromatic carbocycles. The molecule has 1 fully saturated rings. The van der Waals surface area contributed by atoms with Gasteiger partial charge in [-0.3, -0.25) is 4.79 Å². The molecule has 0 saturated carbocycles. The van der Waals surface area contributed by atoms with Gasteiger partial charge >= 0.3 is 5.97 Å². The van der Waals surface area contributed by atoms with Crippen molar-refractivity contribution in [1.82, 2.24) is 4.31 Å². The van der Waals surface area contributed by atoms with Crippen LogP contribution >= 0.6 is 11.6 Å². The molecule has 2 atom stereocenters. The fourth-order valence-electron chi connectivity index (χ4n) is 2.43. The van der Waals surface area contributed by atoms with E-state index in [-0.39, 0.29) is 23.9 Å². The van der Waals surface area contributed by atoms with Gasteiger partial charge in [0, 0.05) is 18.1 Å². The lowest BCUT2D eigenvalue weighted by molar-refractivity contribution is -0.142. The minimum Gasteiger partial charge on any atom is -0.481 e. The van der Waals surface area contributed by atoms with E-state index in [9.17, 15) is 13.2 Å². The fourth-order valence-corrected chi connectivity index (χ4v) is 4.49. The third kappa shape index (κ3) is 2.68. The Kier molecular flexibility index (Phi) is 4.09. The van der Waals surface area contributed by atoms with Crippen molar-refractivity contribution in [3.8, 4) is 0 Å². The summed E-state index contributed by atoms with van der Waals surface area (Å²) in [5.74, 6) is -1.83. The van der Waals surface area contributed by atoms with Crippen LogP contribution in [-0.4, -0.2) is 36.9 Å². The van der Waals surface area contributed by atoms with Crippen molar-refractivity contribution in [3.63, 3.8) is 0 Å². The fraction of sp³-hybridized carbons (Fsp3) is 0.462. The molecular weight excluding hydrogens is 302 g/mol.